The largest absolute Gasteiger partial charge is 0.373 e. The van der Waals surface area contributed by atoms with Crippen molar-refractivity contribution in [1.82, 2.24) is 24.5 Å². The minimum Gasteiger partial charge on any atom is -0.373 e. The molecular formula is C18H20N6O. The zero-order chi connectivity index (χ0) is 16.6. The maximum atomic E-state index is 6.06. The Bertz CT molecular complexity index is 866. The highest BCUT2D eigenvalue weighted by Crippen LogP contribution is 2.28. The van der Waals surface area contributed by atoms with Gasteiger partial charge in [-0.3, -0.25) is 9.30 Å². The predicted octanol–water partition coefficient (Wildman–Crippen LogP) is 1.21. The van der Waals surface area contributed by atoms with Crippen molar-refractivity contribution in [1.29, 1.82) is 0 Å². The van der Waals surface area contributed by atoms with Crippen LogP contribution < -0.4 is 4.90 Å². The van der Waals surface area contributed by atoms with Crippen molar-refractivity contribution in [2.45, 2.75) is 18.7 Å². The number of aromatic nitrogens is 4. The molecule has 2 fully saturated rings. The molecule has 128 valence electrons. The van der Waals surface area contributed by atoms with E-state index in [0.717, 1.165) is 44.3 Å². The molecule has 5 rings (SSSR count). The van der Waals surface area contributed by atoms with E-state index in [1.165, 1.54) is 5.56 Å². The fraction of sp³-hybridized carbons (Fsp3) is 0.389. The molecule has 2 atom stereocenters. The molecule has 0 amide bonds. The summed E-state index contributed by atoms with van der Waals surface area (Å²) in [7, 11) is 0. The molecule has 0 bridgehead atoms. The molecule has 0 unspecified atom stereocenters. The Labute approximate surface area is 145 Å². The number of hydrogen-bond donors (Lipinski definition) is 0. The molecule has 0 saturated carbocycles. The second-order valence-corrected chi connectivity index (χ2v) is 6.65. The highest BCUT2D eigenvalue weighted by atomic mass is 16.5. The van der Waals surface area contributed by atoms with E-state index in [-0.39, 0.29) is 6.10 Å². The average molecular weight is 336 g/mol. The van der Waals surface area contributed by atoms with E-state index >= 15 is 0 Å². The van der Waals surface area contributed by atoms with Crippen LogP contribution in [0, 0.1) is 0 Å². The molecule has 0 spiro atoms. The van der Waals surface area contributed by atoms with Crippen LogP contribution in [0.1, 0.15) is 5.56 Å². The summed E-state index contributed by atoms with van der Waals surface area (Å²) in [5.41, 5.74) is 2.15. The Hall–Kier alpha value is -2.51. The minimum absolute atomic E-state index is 0.211. The first-order valence-electron chi connectivity index (χ1n) is 8.67. The summed E-state index contributed by atoms with van der Waals surface area (Å²) in [6, 6.07) is 11.0. The van der Waals surface area contributed by atoms with Crippen molar-refractivity contribution in [3.63, 3.8) is 0 Å². The summed E-state index contributed by atoms with van der Waals surface area (Å²) < 4.78 is 7.97. The van der Waals surface area contributed by atoms with E-state index in [4.69, 9.17) is 4.74 Å². The number of benzene rings is 1. The summed E-state index contributed by atoms with van der Waals surface area (Å²) >= 11 is 0. The molecular weight excluding hydrogens is 316 g/mol. The van der Waals surface area contributed by atoms with Crippen molar-refractivity contribution >= 4 is 11.5 Å². The zero-order valence-electron chi connectivity index (χ0n) is 13.9. The van der Waals surface area contributed by atoms with Crippen LogP contribution in [0.5, 0.6) is 0 Å². The van der Waals surface area contributed by atoms with Crippen molar-refractivity contribution < 1.29 is 4.74 Å². The van der Waals surface area contributed by atoms with Gasteiger partial charge >= 0.3 is 0 Å². The van der Waals surface area contributed by atoms with Gasteiger partial charge in [-0.25, -0.2) is 4.98 Å². The van der Waals surface area contributed by atoms with Gasteiger partial charge in [-0.15, -0.1) is 10.2 Å². The molecule has 2 aromatic heterocycles. The lowest BCUT2D eigenvalue weighted by Crippen LogP contribution is -2.50. The number of ether oxygens (including phenoxy) is 1. The minimum atomic E-state index is 0.211. The van der Waals surface area contributed by atoms with Crippen LogP contribution in [0.25, 0.3) is 5.65 Å². The number of anilines is 1. The summed E-state index contributed by atoms with van der Waals surface area (Å²) in [6.07, 6.45) is 5.60. The lowest BCUT2D eigenvalue weighted by Gasteiger charge is -2.36. The number of nitrogens with zero attached hydrogens (tertiary/aromatic N) is 6. The van der Waals surface area contributed by atoms with Gasteiger partial charge in [0.15, 0.2) is 5.82 Å². The fourth-order valence-electron chi connectivity index (χ4n) is 3.91. The van der Waals surface area contributed by atoms with Crippen LogP contribution in [0.15, 0.2) is 49.1 Å². The number of hydrogen-bond acceptors (Lipinski definition) is 6. The first kappa shape index (κ1) is 14.8. The monoisotopic (exact) mass is 336 g/mol. The topological polar surface area (TPSA) is 58.8 Å². The quantitative estimate of drug-likeness (QED) is 0.717. The Morgan fingerprint density at radius 3 is 3.00 bits per heavy atom. The molecule has 4 heterocycles. The molecule has 0 aliphatic carbocycles. The lowest BCUT2D eigenvalue weighted by molar-refractivity contribution is -0.0499. The first-order chi connectivity index (χ1) is 12.4. The van der Waals surface area contributed by atoms with Crippen LogP contribution in [0.3, 0.4) is 0 Å². The van der Waals surface area contributed by atoms with Crippen molar-refractivity contribution in [2.75, 3.05) is 31.1 Å². The molecule has 0 N–H and O–H groups in total. The molecule has 2 aliphatic heterocycles. The summed E-state index contributed by atoms with van der Waals surface area (Å²) in [5, 5.41) is 8.22. The van der Waals surface area contributed by atoms with Crippen LogP contribution in [-0.2, 0) is 11.3 Å². The third kappa shape index (κ3) is 2.65. The second kappa shape index (κ2) is 6.09. The Kier molecular flexibility index (Phi) is 3.61. The second-order valence-electron chi connectivity index (χ2n) is 6.65. The molecule has 2 saturated heterocycles. The van der Waals surface area contributed by atoms with E-state index in [2.05, 4.69) is 55.3 Å². The van der Waals surface area contributed by atoms with Gasteiger partial charge in [0, 0.05) is 38.6 Å². The number of rotatable bonds is 3. The normalized spacial score (nSPS) is 23.9. The molecule has 2 aliphatic rings. The van der Waals surface area contributed by atoms with E-state index in [9.17, 15) is 0 Å². The maximum Gasteiger partial charge on any atom is 0.203 e. The van der Waals surface area contributed by atoms with Crippen LogP contribution >= 0.6 is 0 Å². The van der Waals surface area contributed by atoms with E-state index in [1.807, 2.05) is 10.6 Å². The maximum absolute atomic E-state index is 6.06. The van der Waals surface area contributed by atoms with Gasteiger partial charge in [-0.05, 0) is 5.56 Å². The van der Waals surface area contributed by atoms with E-state index < -0.39 is 0 Å². The Balaban J connectivity index is 1.39. The molecule has 7 nitrogen and oxygen atoms in total. The van der Waals surface area contributed by atoms with Crippen LogP contribution in [0.2, 0.25) is 0 Å². The van der Waals surface area contributed by atoms with Crippen LogP contribution in [-0.4, -0.2) is 62.9 Å². The highest BCUT2D eigenvalue weighted by Gasteiger charge is 2.41. The van der Waals surface area contributed by atoms with Gasteiger partial charge in [0.1, 0.15) is 6.33 Å². The molecule has 1 aromatic carbocycles. The first-order valence-corrected chi connectivity index (χ1v) is 8.67. The Morgan fingerprint density at radius 2 is 2.08 bits per heavy atom. The Morgan fingerprint density at radius 1 is 1.16 bits per heavy atom. The SMILES string of the molecule is c1ccc(CN2CCO[C@H]3CN(c4nccn5cnnc45)C[C@@H]32)cc1. The van der Waals surface area contributed by atoms with Crippen molar-refractivity contribution in [3.05, 3.63) is 54.6 Å². The lowest BCUT2D eigenvalue weighted by atomic mass is 10.1. The van der Waals surface area contributed by atoms with E-state index in [0.29, 0.717) is 6.04 Å². The number of fused-ring (bicyclic) bond motifs is 2. The van der Waals surface area contributed by atoms with Gasteiger partial charge in [0.05, 0.1) is 18.8 Å². The van der Waals surface area contributed by atoms with Crippen molar-refractivity contribution in [3.8, 4) is 0 Å². The fourth-order valence-corrected chi connectivity index (χ4v) is 3.91. The van der Waals surface area contributed by atoms with Crippen LogP contribution in [0.4, 0.5) is 5.82 Å². The van der Waals surface area contributed by atoms with Gasteiger partial charge in [0.2, 0.25) is 5.65 Å². The average Bonchev–Trinajstić information content (AvgIpc) is 3.29. The van der Waals surface area contributed by atoms with E-state index in [1.54, 1.807) is 12.5 Å². The zero-order valence-corrected chi connectivity index (χ0v) is 13.9. The molecule has 0 radical (unpaired) electrons. The summed E-state index contributed by atoms with van der Waals surface area (Å²) in [4.78, 5) is 9.37. The summed E-state index contributed by atoms with van der Waals surface area (Å²) in [6.45, 7) is 4.45. The molecule has 3 aromatic rings. The van der Waals surface area contributed by atoms with Gasteiger partial charge < -0.3 is 9.64 Å². The van der Waals surface area contributed by atoms with Gasteiger partial charge in [0.25, 0.3) is 0 Å². The summed E-state index contributed by atoms with van der Waals surface area (Å²) in [5.74, 6) is 0.887. The number of morpholine rings is 1. The third-order valence-electron chi connectivity index (χ3n) is 5.14. The predicted molar refractivity (Wildman–Crippen MR) is 93.4 cm³/mol. The van der Waals surface area contributed by atoms with Crippen molar-refractivity contribution in [2.24, 2.45) is 0 Å². The van der Waals surface area contributed by atoms with Gasteiger partial charge in [-0.2, -0.15) is 0 Å². The van der Waals surface area contributed by atoms with Gasteiger partial charge in [-0.1, -0.05) is 30.3 Å². The smallest absolute Gasteiger partial charge is 0.203 e. The third-order valence-corrected chi connectivity index (χ3v) is 5.14. The highest BCUT2D eigenvalue weighted by molar-refractivity contribution is 5.64. The molecule has 7 heteroatoms. The standard InChI is InChI=1S/C18H20N6O/c1-2-4-14(5-3-1)10-22-8-9-25-16-12-24(11-15(16)22)17-18-21-20-13-23(18)7-6-19-17/h1-7,13,15-16H,8-12H2/t15-,16-/m0/s1. The molecule has 25 heavy (non-hydrogen) atoms.